The first kappa shape index (κ1) is 10.9. The maximum atomic E-state index is 5.59. The van der Waals surface area contributed by atoms with Gasteiger partial charge in [-0.15, -0.1) is 0 Å². The van der Waals surface area contributed by atoms with Crippen LogP contribution in [0.4, 0.5) is 0 Å². The summed E-state index contributed by atoms with van der Waals surface area (Å²) in [4.78, 5) is 0. The molecule has 0 saturated heterocycles. The van der Waals surface area contributed by atoms with Crippen LogP contribution in [-0.4, -0.2) is 6.54 Å². The molecule has 0 aromatic heterocycles. The first-order valence-corrected chi connectivity index (χ1v) is 6.13. The molecule has 15 heavy (non-hydrogen) atoms. The van der Waals surface area contributed by atoms with Gasteiger partial charge in [0.25, 0.3) is 0 Å². The van der Waals surface area contributed by atoms with E-state index in [0.29, 0.717) is 6.54 Å². The lowest BCUT2D eigenvalue weighted by atomic mass is 9.87. The molecule has 1 aliphatic rings. The van der Waals surface area contributed by atoms with Crippen LogP contribution in [0, 0.1) is 0 Å². The van der Waals surface area contributed by atoms with Gasteiger partial charge in [0.1, 0.15) is 0 Å². The summed E-state index contributed by atoms with van der Waals surface area (Å²) in [7, 11) is 0. The topological polar surface area (TPSA) is 26.0 Å². The van der Waals surface area contributed by atoms with Gasteiger partial charge in [-0.05, 0) is 43.5 Å². The average Bonchev–Trinajstić information content (AvgIpc) is 3.00. The summed E-state index contributed by atoms with van der Waals surface area (Å²) >= 11 is 3.46. The minimum atomic E-state index is 0.250. The van der Waals surface area contributed by atoms with E-state index in [1.165, 1.54) is 24.0 Å². The molecular formula is C13H16BrN. The highest BCUT2D eigenvalue weighted by Crippen LogP contribution is 2.54. The van der Waals surface area contributed by atoms with Crippen LogP contribution in [0.25, 0.3) is 0 Å². The van der Waals surface area contributed by atoms with E-state index >= 15 is 0 Å². The van der Waals surface area contributed by atoms with E-state index in [2.05, 4.69) is 46.8 Å². The van der Waals surface area contributed by atoms with Gasteiger partial charge in [-0.3, -0.25) is 0 Å². The molecule has 0 atom stereocenters. The van der Waals surface area contributed by atoms with Crippen molar-refractivity contribution in [1.82, 2.24) is 0 Å². The van der Waals surface area contributed by atoms with Crippen molar-refractivity contribution in [2.75, 3.05) is 6.54 Å². The quantitative estimate of drug-likeness (QED) is 0.830. The molecule has 2 rings (SSSR count). The van der Waals surface area contributed by atoms with Gasteiger partial charge in [0.15, 0.2) is 0 Å². The van der Waals surface area contributed by atoms with Crippen LogP contribution in [-0.2, 0) is 5.41 Å². The third kappa shape index (κ3) is 2.01. The molecule has 1 aromatic rings. The minimum Gasteiger partial charge on any atom is -0.330 e. The van der Waals surface area contributed by atoms with Crippen LogP contribution in [0.3, 0.4) is 0 Å². The summed E-state index contributed by atoms with van der Waals surface area (Å²) in [6.45, 7) is 4.89. The predicted octanol–water partition coefficient (Wildman–Crippen LogP) is 3.39. The largest absolute Gasteiger partial charge is 0.330 e. The molecule has 0 spiro atoms. The lowest BCUT2D eigenvalue weighted by molar-refractivity contribution is 0.755. The zero-order valence-corrected chi connectivity index (χ0v) is 10.4. The van der Waals surface area contributed by atoms with Crippen molar-refractivity contribution in [2.24, 2.45) is 5.73 Å². The van der Waals surface area contributed by atoms with Gasteiger partial charge in [0.05, 0.1) is 0 Å². The fourth-order valence-electron chi connectivity index (χ4n) is 2.15. The van der Waals surface area contributed by atoms with Crippen LogP contribution in [0.15, 0.2) is 40.9 Å². The number of nitrogens with two attached hydrogens (primary N) is 1. The Morgan fingerprint density at radius 2 is 1.93 bits per heavy atom. The van der Waals surface area contributed by atoms with Crippen LogP contribution < -0.4 is 5.73 Å². The number of halogens is 1. The van der Waals surface area contributed by atoms with Crippen molar-refractivity contribution in [3.8, 4) is 0 Å². The van der Waals surface area contributed by atoms with E-state index in [1.54, 1.807) is 0 Å². The Kier molecular flexibility index (Phi) is 2.98. The lowest BCUT2D eigenvalue weighted by Crippen LogP contribution is -2.13. The third-order valence-corrected chi connectivity index (χ3v) is 3.80. The van der Waals surface area contributed by atoms with Crippen molar-refractivity contribution in [3.05, 3.63) is 46.5 Å². The highest BCUT2D eigenvalue weighted by Gasteiger charge is 2.45. The van der Waals surface area contributed by atoms with E-state index in [0.717, 1.165) is 10.9 Å². The van der Waals surface area contributed by atoms with Gasteiger partial charge < -0.3 is 5.73 Å². The van der Waals surface area contributed by atoms with E-state index in [9.17, 15) is 0 Å². The fourth-order valence-corrected chi connectivity index (χ4v) is 2.42. The van der Waals surface area contributed by atoms with Gasteiger partial charge in [0, 0.05) is 9.89 Å². The Morgan fingerprint density at radius 3 is 2.40 bits per heavy atom. The standard InChI is InChI=1S/C13H16BrN/c1-10(6-9-15)13(7-8-13)11-2-4-12(14)5-3-11/h2-5H,1,6-9,15H2. The van der Waals surface area contributed by atoms with Gasteiger partial charge in [-0.25, -0.2) is 0 Å². The summed E-state index contributed by atoms with van der Waals surface area (Å²) in [5.74, 6) is 0. The predicted molar refractivity (Wildman–Crippen MR) is 67.9 cm³/mol. The van der Waals surface area contributed by atoms with E-state index < -0.39 is 0 Å². The molecule has 0 amide bonds. The van der Waals surface area contributed by atoms with E-state index in [4.69, 9.17) is 5.73 Å². The summed E-state index contributed by atoms with van der Waals surface area (Å²) in [5.41, 5.74) is 8.53. The monoisotopic (exact) mass is 265 g/mol. The molecule has 80 valence electrons. The fraction of sp³-hybridized carbons (Fsp3) is 0.385. The SMILES string of the molecule is C=C(CCN)C1(c2ccc(Br)cc2)CC1. The van der Waals surface area contributed by atoms with E-state index in [1.807, 2.05) is 0 Å². The van der Waals surface area contributed by atoms with Crippen molar-refractivity contribution >= 4 is 15.9 Å². The summed E-state index contributed by atoms with van der Waals surface area (Å²) < 4.78 is 1.13. The Balaban J connectivity index is 2.22. The van der Waals surface area contributed by atoms with Crippen molar-refractivity contribution in [3.63, 3.8) is 0 Å². The van der Waals surface area contributed by atoms with Gasteiger partial charge >= 0.3 is 0 Å². The zero-order valence-electron chi connectivity index (χ0n) is 8.80. The van der Waals surface area contributed by atoms with Crippen LogP contribution in [0.2, 0.25) is 0 Å². The molecule has 1 aromatic carbocycles. The highest BCUT2D eigenvalue weighted by molar-refractivity contribution is 9.10. The third-order valence-electron chi connectivity index (χ3n) is 3.27. The highest BCUT2D eigenvalue weighted by atomic mass is 79.9. The second-order valence-corrected chi connectivity index (χ2v) is 5.15. The van der Waals surface area contributed by atoms with E-state index in [-0.39, 0.29) is 5.41 Å². The first-order valence-electron chi connectivity index (χ1n) is 5.33. The molecule has 2 heteroatoms. The molecule has 1 aliphatic carbocycles. The van der Waals surface area contributed by atoms with Crippen LogP contribution >= 0.6 is 15.9 Å². The zero-order chi connectivity index (χ0) is 10.9. The minimum absolute atomic E-state index is 0.250. The molecule has 2 N–H and O–H groups in total. The average molecular weight is 266 g/mol. The lowest BCUT2D eigenvalue weighted by Gasteiger charge is -2.18. The van der Waals surface area contributed by atoms with Gasteiger partial charge in [-0.2, -0.15) is 0 Å². The maximum Gasteiger partial charge on any atom is 0.0175 e. The van der Waals surface area contributed by atoms with Gasteiger partial charge in [-0.1, -0.05) is 40.2 Å². The Morgan fingerprint density at radius 1 is 1.33 bits per heavy atom. The Hall–Kier alpha value is -0.600. The molecular weight excluding hydrogens is 250 g/mol. The molecule has 0 unspecified atom stereocenters. The first-order chi connectivity index (χ1) is 7.19. The second-order valence-electron chi connectivity index (χ2n) is 4.23. The Labute approximate surface area is 99.5 Å². The van der Waals surface area contributed by atoms with Gasteiger partial charge in [0.2, 0.25) is 0 Å². The smallest absolute Gasteiger partial charge is 0.0175 e. The Bertz CT molecular complexity index is 363. The number of hydrogen-bond acceptors (Lipinski definition) is 1. The molecule has 0 bridgehead atoms. The molecule has 0 radical (unpaired) electrons. The molecule has 0 aliphatic heterocycles. The van der Waals surface area contributed by atoms with Crippen molar-refractivity contribution in [1.29, 1.82) is 0 Å². The van der Waals surface area contributed by atoms with Crippen molar-refractivity contribution < 1.29 is 0 Å². The number of benzene rings is 1. The summed E-state index contributed by atoms with van der Waals surface area (Å²) in [5, 5.41) is 0. The van der Waals surface area contributed by atoms with Crippen LogP contribution in [0.1, 0.15) is 24.8 Å². The molecule has 1 nitrogen and oxygen atoms in total. The summed E-state index contributed by atoms with van der Waals surface area (Å²) in [6.07, 6.45) is 3.40. The normalized spacial score (nSPS) is 17.5. The number of rotatable bonds is 4. The molecule has 1 saturated carbocycles. The maximum absolute atomic E-state index is 5.59. The van der Waals surface area contributed by atoms with Crippen molar-refractivity contribution in [2.45, 2.75) is 24.7 Å². The molecule has 1 fully saturated rings. The van der Waals surface area contributed by atoms with Crippen LogP contribution in [0.5, 0.6) is 0 Å². The summed E-state index contributed by atoms with van der Waals surface area (Å²) in [6, 6.07) is 8.59. The second kappa shape index (κ2) is 4.11. The number of hydrogen-bond donors (Lipinski definition) is 1. The molecule has 0 heterocycles.